The van der Waals surface area contributed by atoms with Crippen molar-refractivity contribution < 1.29 is 9.90 Å². The summed E-state index contributed by atoms with van der Waals surface area (Å²) in [5.74, 6) is 0.498. The lowest BCUT2D eigenvalue weighted by atomic mass is 9.97. The molecule has 1 atom stereocenters. The first kappa shape index (κ1) is 12.5. The first-order valence-electron chi connectivity index (χ1n) is 7.07. The molecular formula is C15H20N2O2. The van der Waals surface area contributed by atoms with Crippen molar-refractivity contribution in [2.75, 3.05) is 13.1 Å². The highest BCUT2D eigenvalue weighted by atomic mass is 16.3. The Balaban J connectivity index is 1.72. The summed E-state index contributed by atoms with van der Waals surface area (Å²) in [4.78, 5) is 14.4. The number of aromatic hydroxyl groups is 1. The highest BCUT2D eigenvalue weighted by molar-refractivity contribution is 5.82. The first-order valence-corrected chi connectivity index (χ1v) is 7.07. The molecule has 1 unspecified atom stereocenters. The van der Waals surface area contributed by atoms with Crippen LogP contribution in [-0.2, 0) is 17.8 Å². The Morgan fingerprint density at radius 3 is 3.00 bits per heavy atom. The van der Waals surface area contributed by atoms with Crippen molar-refractivity contribution in [1.29, 1.82) is 0 Å². The molecule has 102 valence electrons. The molecule has 0 radical (unpaired) electrons. The number of phenolic OH excluding ortho intramolecular Hbond substituents is 1. The summed E-state index contributed by atoms with van der Waals surface area (Å²) in [6.07, 6.45) is 4.13. The monoisotopic (exact) mass is 260 g/mol. The summed E-state index contributed by atoms with van der Waals surface area (Å²) in [5, 5.41) is 12.9. The lowest BCUT2D eigenvalue weighted by molar-refractivity contribution is -0.135. The fourth-order valence-corrected chi connectivity index (χ4v) is 3.01. The van der Waals surface area contributed by atoms with Crippen LogP contribution < -0.4 is 5.32 Å². The van der Waals surface area contributed by atoms with Gasteiger partial charge in [0.25, 0.3) is 0 Å². The second-order valence-electron chi connectivity index (χ2n) is 5.47. The smallest absolute Gasteiger partial charge is 0.240 e. The molecule has 2 aliphatic heterocycles. The van der Waals surface area contributed by atoms with Crippen LogP contribution in [-0.4, -0.2) is 35.0 Å². The van der Waals surface area contributed by atoms with Crippen LogP contribution in [0.3, 0.4) is 0 Å². The number of benzene rings is 1. The average molecular weight is 260 g/mol. The Morgan fingerprint density at radius 1 is 1.32 bits per heavy atom. The Hall–Kier alpha value is -1.55. The molecule has 1 amide bonds. The van der Waals surface area contributed by atoms with Crippen molar-refractivity contribution >= 4 is 5.91 Å². The molecule has 0 aliphatic carbocycles. The molecular weight excluding hydrogens is 240 g/mol. The average Bonchev–Trinajstić information content (AvgIpc) is 2.46. The third-order valence-corrected chi connectivity index (χ3v) is 4.12. The van der Waals surface area contributed by atoms with Crippen molar-refractivity contribution in [2.45, 2.75) is 38.3 Å². The highest BCUT2D eigenvalue weighted by Crippen LogP contribution is 2.24. The van der Waals surface area contributed by atoms with E-state index in [0.717, 1.165) is 37.9 Å². The maximum atomic E-state index is 12.4. The van der Waals surface area contributed by atoms with Gasteiger partial charge in [-0.25, -0.2) is 0 Å². The quantitative estimate of drug-likeness (QED) is 0.803. The second kappa shape index (κ2) is 5.21. The number of amides is 1. The number of nitrogens with one attached hydrogen (secondary N) is 1. The molecule has 2 heterocycles. The molecule has 0 aromatic heterocycles. The molecule has 1 aromatic carbocycles. The first-order chi connectivity index (χ1) is 9.24. The summed E-state index contributed by atoms with van der Waals surface area (Å²) in [6, 6.07) is 5.46. The van der Waals surface area contributed by atoms with Crippen LogP contribution in [0.25, 0.3) is 0 Å². The second-order valence-corrected chi connectivity index (χ2v) is 5.47. The van der Waals surface area contributed by atoms with E-state index in [0.29, 0.717) is 6.54 Å². The normalized spacial score (nSPS) is 22.9. The van der Waals surface area contributed by atoms with Gasteiger partial charge in [0.15, 0.2) is 0 Å². The van der Waals surface area contributed by atoms with E-state index in [2.05, 4.69) is 5.32 Å². The molecule has 0 bridgehead atoms. The molecule has 0 spiro atoms. The summed E-state index contributed by atoms with van der Waals surface area (Å²) < 4.78 is 0. The molecule has 1 fully saturated rings. The number of phenols is 1. The number of carbonyl (C=O) groups excluding carboxylic acids is 1. The molecule has 2 aliphatic rings. The Kier molecular flexibility index (Phi) is 3.42. The van der Waals surface area contributed by atoms with Gasteiger partial charge in [-0.2, -0.15) is 0 Å². The van der Waals surface area contributed by atoms with Crippen molar-refractivity contribution in [1.82, 2.24) is 10.2 Å². The van der Waals surface area contributed by atoms with Gasteiger partial charge in [-0.3, -0.25) is 4.79 Å². The topological polar surface area (TPSA) is 52.6 Å². The maximum absolute atomic E-state index is 12.4. The van der Waals surface area contributed by atoms with E-state index in [1.54, 1.807) is 12.1 Å². The van der Waals surface area contributed by atoms with Crippen LogP contribution in [0.15, 0.2) is 18.2 Å². The number of hydrogen-bond donors (Lipinski definition) is 2. The number of rotatable bonds is 1. The predicted molar refractivity (Wildman–Crippen MR) is 72.9 cm³/mol. The number of piperidine rings is 1. The summed E-state index contributed by atoms with van der Waals surface area (Å²) in [7, 11) is 0. The van der Waals surface area contributed by atoms with Crippen molar-refractivity contribution in [3.63, 3.8) is 0 Å². The molecule has 1 aromatic rings. The van der Waals surface area contributed by atoms with Gasteiger partial charge in [0, 0.05) is 13.1 Å². The zero-order valence-electron chi connectivity index (χ0n) is 11.1. The minimum absolute atomic E-state index is 0.00684. The van der Waals surface area contributed by atoms with Gasteiger partial charge >= 0.3 is 0 Å². The number of hydrogen-bond acceptors (Lipinski definition) is 3. The van der Waals surface area contributed by atoms with Crippen LogP contribution in [0.5, 0.6) is 5.75 Å². The van der Waals surface area contributed by atoms with Crippen LogP contribution in [0.2, 0.25) is 0 Å². The van der Waals surface area contributed by atoms with Gasteiger partial charge in [-0.1, -0.05) is 12.5 Å². The van der Waals surface area contributed by atoms with Gasteiger partial charge in [0.1, 0.15) is 5.75 Å². The van der Waals surface area contributed by atoms with Gasteiger partial charge < -0.3 is 15.3 Å². The number of fused-ring (bicyclic) bond motifs is 1. The summed E-state index contributed by atoms with van der Waals surface area (Å²) >= 11 is 0. The van der Waals surface area contributed by atoms with Gasteiger partial charge in [0.05, 0.1) is 6.04 Å². The fourth-order valence-electron chi connectivity index (χ4n) is 3.01. The minimum atomic E-state index is -0.00684. The van der Waals surface area contributed by atoms with Gasteiger partial charge in [-0.15, -0.1) is 0 Å². The van der Waals surface area contributed by atoms with Gasteiger partial charge in [-0.05, 0) is 49.1 Å². The van der Waals surface area contributed by atoms with E-state index in [9.17, 15) is 9.90 Å². The molecule has 4 heteroatoms. The third-order valence-electron chi connectivity index (χ3n) is 4.12. The number of nitrogens with zero attached hydrogens (tertiary/aromatic N) is 1. The molecule has 0 saturated carbocycles. The van der Waals surface area contributed by atoms with Crippen LogP contribution in [0.4, 0.5) is 0 Å². The molecule has 1 saturated heterocycles. The van der Waals surface area contributed by atoms with Crippen molar-refractivity contribution in [3.8, 4) is 5.75 Å². The van der Waals surface area contributed by atoms with E-state index in [-0.39, 0.29) is 17.7 Å². The van der Waals surface area contributed by atoms with E-state index in [1.807, 2.05) is 11.0 Å². The zero-order chi connectivity index (χ0) is 13.2. The van der Waals surface area contributed by atoms with E-state index in [4.69, 9.17) is 0 Å². The van der Waals surface area contributed by atoms with Crippen molar-refractivity contribution in [2.24, 2.45) is 0 Å². The molecule has 19 heavy (non-hydrogen) atoms. The summed E-state index contributed by atoms with van der Waals surface area (Å²) in [5.41, 5.74) is 2.33. The van der Waals surface area contributed by atoms with E-state index < -0.39 is 0 Å². The lowest BCUT2D eigenvalue weighted by Gasteiger charge is -2.33. The summed E-state index contributed by atoms with van der Waals surface area (Å²) in [6.45, 7) is 2.36. The minimum Gasteiger partial charge on any atom is -0.508 e. The SMILES string of the molecule is O=C(C1CCCCN1)N1CCc2ccc(O)cc2C1. The van der Waals surface area contributed by atoms with Crippen LogP contribution in [0.1, 0.15) is 30.4 Å². The zero-order valence-corrected chi connectivity index (χ0v) is 11.1. The molecule has 4 nitrogen and oxygen atoms in total. The van der Waals surface area contributed by atoms with Crippen LogP contribution >= 0.6 is 0 Å². The predicted octanol–water partition coefficient (Wildman–Crippen LogP) is 1.42. The van der Waals surface area contributed by atoms with Crippen molar-refractivity contribution in [3.05, 3.63) is 29.3 Å². The van der Waals surface area contributed by atoms with Gasteiger partial charge in [0.2, 0.25) is 5.91 Å². The fraction of sp³-hybridized carbons (Fsp3) is 0.533. The van der Waals surface area contributed by atoms with E-state index >= 15 is 0 Å². The third kappa shape index (κ3) is 2.59. The molecule has 3 rings (SSSR count). The van der Waals surface area contributed by atoms with E-state index in [1.165, 1.54) is 12.0 Å². The standard InChI is InChI=1S/C15H20N2O2/c18-13-5-4-11-6-8-17(10-12(11)9-13)15(19)14-3-1-2-7-16-14/h4-5,9,14,16,18H,1-3,6-8,10H2. The largest absolute Gasteiger partial charge is 0.508 e. The number of carbonyl (C=O) groups is 1. The lowest BCUT2D eigenvalue weighted by Crippen LogP contribution is -2.49. The maximum Gasteiger partial charge on any atom is 0.240 e. The Bertz CT molecular complexity index is 481. The molecule has 2 N–H and O–H groups in total. The Labute approximate surface area is 113 Å². The Morgan fingerprint density at radius 2 is 2.21 bits per heavy atom. The van der Waals surface area contributed by atoms with Crippen LogP contribution in [0, 0.1) is 0 Å². The highest BCUT2D eigenvalue weighted by Gasteiger charge is 2.28.